The van der Waals surface area contributed by atoms with E-state index in [9.17, 15) is 13.2 Å². The average molecular weight is 537 g/mol. The monoisotopic (exact) mass is 536 g/mol. The van der Waals surface area contributed by atoms with E-state index < -0.39 is 21.6 Å². The molecule has 1 unspecified atom stereocenters. The highest BCUT2D eigenvalue weighted by Crippen LogP contribution is 2.43. The smallest absolute Gasteiger partial charge is 0.341 e. The molecule has 2 aromatic rings. The van der Waals surface area contributed by atoms with Crippen molar-refractivity contribution in [1.29, 1.82) is 0 Å². The van der Waals surface area contributed by atoms with E-state index in [-0.39, 0.29) is 17.5 Å². The number of methoxy groups -OCH3 is 2. The lowest BCUT2D eigenvalue weighted by atomic mass is 10.1. The number of rotatable bonds is 10. The van der Waals surface area contributed by atoms with Crippen molar-refractivity contribution >= 4 is 39.1 Å². The summed E-state index contributed by atoms with van der Waals surface area (Å²) in [4.78, 5) is 15.2. The number of ether oxygens (including phenoxy) is 3. The van der Waals surface area contributed by atoms with Gasteiger partial charge >= 0.3 is 5.97 Å². The van der Waals surface area contributed by atoms with Gasteiger partial charge in [0, 0.05) is 38.5 Å². The topological polar surface area (TPSA) is 85.4 Å². The molecule has 0 saturated carbocycles. The molecule has 0 saturated heterocycles. The number of hydrogen-bond acceptors (Lipinski definition) is 8. The van der Waals surface area contributed by atoms with Crippen LogP contribution in [0.4, 0.5) is 11.4 Å². The summed E-state index contributed by atoms with van der Waals surface area (Å²) >= 11 is 1.44. The molecule has 10 heteroatoms. The van der Waals surface area contributed by atoms with Crippen LogP contribution in [0.1, 0.15) is 33.1 Å². The van der Waals surface area contributed by atoms with Crippen molar-refractivity contribution in [1.82, 2.24) is 4.31 Å². The fraction of sp³-hybridized carbons (Fsp3) is 0.500. The van der Waals surface area contributed by atoms with Crippen LogP contribution in [0.5, 0.6) is 5.75 Å². The largest absolute Gasteiger partial charge is 0.489 e. The highest BCUT2D eigenvalue weighted by Gasteiger charge is 2.39. The Morgan fingerprint density at radius 3 is 2.47 bits per heavy atom. The van der Waals surface area contributed by atoms with Crippen molar-refractivity contribution < 1.29 is 27.4 Å². The summed E-state index contributed by atoms with van der Waals surface area (Å²) in [6.45, 7) is 4.07. The molecule has 0 fully saturated rings. The number of unbranched alkanes of at least 4 members (excludes halogenated alkanes) is 1. The molecule has 36 heavy (non-hydrogen) atoms. The van der Waals surface area contributed by atoms with E-state index in [1.165, 1.54) is 30.3 Å². The lowest BCUT2D eigenvalue weighted by Crippen LogP contribution is -2.44. The van der Waals surface area contributed by atoms with Gasteiger partial charge in [0.15, 0.2) is 5.60 Å². The fourth-order valence-corrected chi connectivity index (χ4v) is 6.31. The molecular weight excluding hydrogens is 500 g/mol. The van der Waals surface area contributed by atoms with Gasteiger partial charge in [-0.3, -0.25) is 0 Å². The number of anilines is 2. The standard InChI is InChI=1S/C26H36N2O6S2/c1-7-8-12-20-17-28(19-13-10-9-11-14-19)21-15-23(35-6)22(16-24(21)36(30,31)27(20)3)34-18-26(2,33-5)25(29)32-4/h9-11,13-16,20H,7-8,12,17-18H2,1-6H3/t20?,26-/m0/s1. The maximum absolute atomic E-state index is 13.9. The van der Waals surface area contributed by atoms with Crippen LogP contribution in [0.2, 0.25) is 0 Å². The Morgan fingerprint density at radius 2 is 1.89 bits per heavy atom. The summed E-state index contributed by atoms with van der Waals surface area (Å²) in [6.07, 6.45) is 4.57. The Hall–Kier alpha value is -2.27. The summed E-state index contributed by atoms with van der Waals surface area (Å²) in [7, 11) is 0.509. The molecule has 0 spiro atoms. The Morgan fingerprint density at radius 1 is 1.19 bits per heavy atom. The molecule has 1 heterocycles. The van der Waals surface area contributed by atoms with E-state index in [1.807, 2.05) is 42.7 Å². The first-order chi connectivity index (χ1) is 17.1. The van der Waals surface area contributed by atoms with Gasteiger partial charge in [0.05, 0.1) is 17.7 Å². The zero-order valence-electron chi connectivity index (χ0n) is 21.8. The molecule has 2 aromatic carbocycles. The molecule has 0 bridgehead atoms. The predicted molar refractivity (Wildman–Crippen MR) is 143 cm³/mol. The quantitative estimate of drug-likeness (QED) is 0.319. The molecule has 0 radical (unpaired) electrons. The molecule has 8 nitrogen and oxygen atoms in total. The number of para-hydroxylation sites is 1. The van der Waals surface area contributed by atoms with Crippen molar-refractivity contribution in [2.24, 2.45) is 0 Å². The minimum absolute atomic E-state index is 0.139. The van der Waals surface area contributed by atoms with Gasteiger partial charge in [-0.2, -0.15) is 4.31 Å². The Bertz CT molecular complexity index is 1160. The number of sulfonamides is 1. The molecule has 0 aliphatic carbocycles. The number of carbonyl (C=O) groups excluding carboxylic acids is 1. The zero-order chi connectivity index (χ0) is 26.5. The van der Waals surface area contributed by atoms with E-state index in [4.69, 9.17) is 14.2 Å². The molecule has 1 aliphatic rings. The van der Waals surface area contributed by atoms with Gasteiger partial charge in [-0.15, -0.1) is 11.8 Å². The summed E-state index contributed by atoms with van der Waals surface area (Å²) in [6, 6.07) is 13.1. The van der Waals surface area contributed by atoms with E-state index in [2.05, 4.69) is 11.8 Å². The number of thioether (sulfide) groups is 1. The normalized spacial score (nSPS) is 19.2. The van der Waals surface area contributed by atoms with Gasteiger partial charge in [0.1, 0.15) is 17.3 Å². The first kappa shape index (κ1) is 28.3. The predicted octanol–water partition coefficient (Wildman–Crippen LogP) is 4.70. The van der Waals surface area contributed by atoms with Crippen LogP contribution in [0.25, 0.3) is 0 Å². The van der Waals surface area contributed by atoms with Gasteiger partial charge in [0.25, 0.3) is 0 Å². The van der Waals surface area contributed by atoms with Crippen LogP contribution < -0.4 is 9.64 Å². The van der Waals surface area contributed by atoms with Crippen LogP contribution in [0.3, 0.4) is 0 Å². The highest BCUT2D eigenvalue weighted by molar-refractivity contribution is 7.98. The lowest BCUT2D eigenvalue weighted by molar-refractivity contribution is -0.167. The number of nitrogens with zero attached hydrogens (tertiary/aromatic N) is 2. The summed E-state index contributed by atoms with van der Waals surface area (Å²) < 4.78 is 45.5. The maximum atomic E-state index is 13.9. The fourth-order valence-electron chi connectivity index (χ4n) is 4.19. The third-order valence-electron chi connectivity index (χ3n) is 6.63. The molecule has 0 N–H and O–H groups in total. The average Bonchev–Trinajstić information content (AvgIpc) is 2.98. The van der Waals surface area contributed by atoms with E-state index in [0.29, 0.717) is 18.0 Å². The Kier molecular flexibility index (Phi) is 9.32. The van der Waals surface area contributed by atoms with Crippen LogP contribution >= 0.6 is 11.8 Å². The van der Waals surface area contributed by atoms with Gasteiger partial charge < -0.3 is 19.1 Å². The van der Waals surface area contributed by atoms with Crippen LogP contribution in [-0.2, 0) is 24.3 Å². The van der Waals surface area contributed by atoms with Crippen molar-refractivity contribution in [3.63, 3.8) is 0 Å². The van der Waals surface area contributed by atoms with Gasteiger partial charge in [-0.25, -0.2) is 13.2 Å². The molecule has 198 valence electrons. The molecule has 0 amide bonds. The highest BCUT2D eigenvalue weighted by atomic mass is 32.2. The van der Waals surface area contributed by atoms with Gasteiger partial charge in [0.2, 0.25) is 10.0 Å². The van der Waals surface area contributed by atoms with Crippen molar-refractivity contribution in [2.75, 3.05) is 45.6 Å². The second-order valence-electron chi connectivity index (χ2n) is 8.95. The van der Waals surface area contributed by atoms with Gasteiger partial charge in [-0.1, -0.05) is 38.0 Å². The first-order valence-corrected chi connectivity index (χ1v) is 14.6. The van der Waals surface area contributed by atoms with Crippen LogP contribution in [0.15, 0.2) is 52.3 Å². The summed E-state index contributed by atoms with van der Waals surface area (Å²) in [5, 5.41) is 0. The van der Waals surface area contributed by atoms with E-state index in [1.54, 1.807) is 20.0 Å². The zero-order valence-corrected chi connectivity index (χ0v) is 23.4. The van der Waals surface area contributed by atoms with E-state index >= 15 is 0 Å². The number of esters is 1. The minimum Gasteiger partial charge on any atom is -0.489 e. The Balaban J connectivity index is 2.15. The summed E-state index contributed by atoms with van der Waals surface area (Å²) in [5.41, 5.74) is 0.184. The number of fused-ring (bicyclic) bond motifs is 1. The molecular formula is C26H36N2O6S2. The van der Waals surface area contributed by atoms with Crippen molar-refractivity contribution in [3.8, 4) is 5.75 Å². The second-order valence-corrected chi connectivity index (χ2v) is 11.8. The third kappa shape index (κ3) is 5.66. The SMILES string of the molecule is CCCCC1CN(c2ccccc2)c2cc(SC)c(OC[C@](C)(OC)C(=O)OC)cc2S(=O)(=O)N1C. The molecule has 3 rings (SSSR count). The first-order valence-electron chi connectivity index (χ1n) is 11.9. The molecule has 1 aliphatic heterocycles. The van der Waals surface area contributed by atoms with Crippen LogP contribution in [0, 0.1) is 0 Å². The van der Waals surface area contributed by atoms with E-state index in [0.717, 1.165) is 29.8 Å². The number of carbonyl (C=O) groups is 1. The van der Waals surface area contributed by atoms with Crippen molar-refractivity contribution in [3.05, 3.63) is 42.5 Å². The minimum atomic E-state index is -3.83. The molecule has 0 aromatic heterocycles. The lowest BCUT2D eigenvalue weighted by Gasteiger charge is -2.30. The molecule has 2 atom stereocenters. The Labute approximate surface area is 218 Å². The summed E-state index contributed by atoms with van der Waals surface area (Å²) in [5.74, 6) is -0.211. The second kappa shape index (κ2) is 11.9. The number of likely N-dealkylation sites (N-methyl/N-ethyl adjacent to an activating group) is 1. The van der Waals surface area contributed by atoms with Crippen molar-refractivity contribution in [2.45, 2.75) is 54.5 Å². The van der Waals surface area contributed by atoms with Crippen LogP contribution in [-0.4, -0.2) is 71.0 Å². The maximum Gasteiger partial charge on any atom is 0.341 e. The van der Waals surface area contributed by atoms with Gasteiger partial charge in [-0.05, 0) is 37.8 Å². The number of benzene rings is 2. The number of hydrogen-bond donors (Lipinski definition) is 0. The third-order valence-corrected chi connectivity index (χ3v) is 9.33.